The van der Waals surface area contributed by atoms with Crippen LogP contribution in [0, 0.1) is 0 Å². The lowest BCUT2D eigenvalue weighted by atomic mass is 10.4. The van der Waals surface area contributed by atoms with E-state index in [1.807, 2.05) is 0 Å². The normalized spacial score (nSPS) is 11.0. The highest BCUT2D eigenvalue weighted by molar-refractivity contribution is 5.73. The van der Waals surface area contributed by atoms with E-state index >= 15 is 0 Å². The van der Waals surface area contributed by atoms with Crippen LogP contribution in [-0.4, -0.2) is 30.1 Å². The van der Waals surface area contributed by atoms with E-state index in [0.717, 1.165) is 0 Å². The third-order valence-electron chi connectivity index (χ3n) is 2.15. The molecule has 0 aliphatic rings. The van der Waals surface area contributed by atoms with E-state index in [0.29, 0.717) is 11.5 Å². The van der Waals surface area contributed by atoms with Crippen molar-refractivity contribution in [3.05, 3.63) is 33.1 Å². The number of fused-ring (bicyclic) bond motifs is 1. The summed E-state index contributed by atoms with van der Waals surface area (Å²) in [5.41, 5.74) is -0.00354. The molecule has 3 rings (SSSR count). The minimum atomic E-state index is -0.583. The van der Waals surface area contributed by atoms with E-state index in [1.54, 1.807) is 12.3 Å². The van der Waals surface area contributed by atoms with Gasteiger partial charge in [-0.2, -0.15) is 5.10 Å². The quantitative estimate of drug-likeness (QED) is 0.432. The second-order valence-electron chi connectivity index (χ2n) is 3.19. The van der Waals surface area contributed by atoms with Gasteiger partial charge in [-0.05, 0) is 6.07 Å². The van der Waals surface area contributed by atoms with E-state index in [-0.39, 0.29) is 11.2 Å². The minimum Gasteiger partial charge on any atom is -0.331 e. The molecule has 0 aromatic carbocycles. The van der Waals surface area contributed by atoms with E-state index < -0.39 is 11.2 Å². The molecule has 0 fully saturated rings. The number of nitrogens with one attached hydrogen (secondary N) is 4. The molecule has 0 saturated carbocycles. The van der Waals surface area contributed by atoms with Crippen molar-refractivity contribution in [3.8, 4) is 11.5 Å². The van der Waals surface area contributed by atoms with Crippen LogP contribution in [0.25, 0.3) is 22.7 Å². The van der Waals surface area contributed by atoms with Gasteiger partial charge in [0.25, 0.3) is 5.56 Å². The standard InChI is InChI=1S/C8H6N6O2/c15-7-4-6(12-8(16)13-7)11-5(10-4)3-1-2-9-14-3/h1-2H,(H,9,14)(H3,10,11,12,13,15,16). The van der Waals surface area contributed by atoms with Gasteiger partial charge in [-0.1, -0.05) is 0 Å². The maximum Gasteiger partial charge on any atom is 0.327 e. The Morgan fingerprint density at radius 1 is 1.12 bits per heavy atom. The molecule has 3 aromatic rings. The Kier molecular flexibility index (Phi) is 1.58. The molecule has 0 atom stereocenters. The fraction of sp³-hybridized carbons (Fsp3) is 0. The molecule has 0 radical (unpaired) electrons. The molecule has 0 bridgehead atoms. The van der Waals surface area contributed by atoms with Crippen LogP contribution in [0.3, 0.4) is 0 Å². The first-order valence-corrected chi connectivity index (χ1v) is 4.46. The topological polar surface area (TPSA) is 123 Å². The zero-order valence-corrected chi connectivity index (χ0v) is 7.87. The number of hydrogen-bond donors (Lipinski definition) is 4. The zero-order valence-electron chi connectivity index (χ0n) is 7.87. The highest BCUT2D eigenvalue weighted by Gasteiger charge is 2.09. The summed E-state index contributed by atoms with van der Waals surface area (Å²) in [7, 11) is 0. The molecule has 80 valence electrons. The molecule has 16 heavy (non-hydrogen) atoms. The Balaban J connectivity index is 2.36. The third kappa shape index (κ3) is 1.16. The Bertz CT molecular complexity index is 747. The number of nitrogens with zero attached hydrogens (tertiary/aromatic N) is 2. The van der Waals surface area contributed by atoms with Gasteiger partial charge < -0.3 is 4.98 Å². The summed E-state index contributed by atoms with van der Waals surface area (Å²) in [6.07, 6.45) is 1.56. The van der Waals surface area contributed by atoms with Crippen molar-refractivity contribution in [2.45, 2.75) is 0 Å². The Morgan fingerprint density at radius 2 is 2.00 bits per heavy atom. The van der Waals surface area contributed by atoms with Gasteiger partial charge >= 0.3 is 5.69 Å². The fourth-order valence-electron chi connectivity index (χ4n) is 1.45. The van der Waals surface area contributed by atoms with Crippen LogP contribution < -0.4 is 11.2 Å². The highest BCUT2D eigenvalue weighted by atomic mass is 16.2. The zero-order chi connectivity index (χ0) is 11.1. The number of hydrogen-bond acceptors (Lipinski definition) is 4. The second-order valence-corrected chi connectivity index (χ2v) is 3.19. The number of H-pyrrole nitrogens is 4. The molecule has 0 saturated heterocycles. The van der Waals surface area contributed by atoms with E-state index in [4.69, 9.17) is 0 Å². The van der Waals surface area contributed by atoms with Crippen LogP contribution in [0.2, 0.25) is 0 Å². The van der Waals surface area contributed by atoms with Crippen molar-refractivity contribution < 1.29 is 0 Å². The first-order chi connectivity index (χ1) is 7.74. The maximum atomic E-state index is 11.4. The second kappa shape index (κ2) is 2.92. The summed E-state index contributed by atoms with van der Waals surface area (Å²) in [5.74, 6) is 0.444. The van der Waals surface area contributed by atoms with Gasteiger partial charge in [0.1, 0.15) is 11.2 Å². The van der Waals surface area contributed by atoms with Gasteiger partial charge in [-0.15, -0.1) is 0 Å². The number of rotatable bonds is 1. The molecule has 0 amide bonds. The molecule has 4 N–H and O–H groups in total. The average Bonchev–Trinajstić information content (AvgIpc) is 2.82. The van der Waals surface area contributed by atoms with E-state index in [2.05, 4.69) is 30.1 Å². The first-order valence-electron chi connectivity index (χ1n) is 4.46. The van der Waals surface area contributed by atoms with Crippen LogP contribution in [0.4, 0.5) is 0 Å². The van der Waals surface area contributed by atoms with Gasteiger partial charge in [0.2, 0.25) is 0 Å². The maximum absolute atomic E-state index is 11.4. The molecular weight excluding hydrogens is 212 g/mol. The van der Waals surface area contributed by atoms with Crippen LogP contribution >= 0.6 is 0 Å². The average molecular weight is 218 g/mol. The summed E-state index contributed by atoms with van der Waals surface area (Å²) < 4.78 is 0. The van der Waals surface area contributed by atoms with Gasteiger partial charge in [0.05, 0.1) is 0 Å². The molecule has 3 aromatic heterocycles. The van der Waals surface area contributed by atoms with Crippen molar-refractivity contribution in [1.29, 1.82) is 0 Å². The smallest absolute Gasteiger partial charge is 0.327 e. The highest BCUT2D eigenvalue weighted by Crippen LogP contribution is 2.13. The predicted octanol–water partition coefficient (Wildman–Crippen LogP) is -0.670. The van der Waals surface area contributed by atoms with Gasteiger partial charge in [0.15, 0.2) is 11.5 Å². The number of aromatic nitrogens is 6. The molecule has 0 unspecified atom stereocenters. The van der Waals surface area contributed by atoms with E-state index in [9.17, 15) is 9.59 Å². The van der Waals surface area contributed by atoms with E-state index in [1.165, 1.54) is 0 Å². The summed E-state index contributed by atoms with van der Waals surface area (Å²) in [6.45, 7) is 0. The summed E-state index contributed by atoms with van der Waals surface area (Å²) in [4.78, 5) is 33.8. The molecular formula is C8H6N6O2. The monoisotopic (exact) mass is 218 g/mol. The van der Waals surface area contributed by atoms with Crippen LogP contribution in [0.5, 0.6) is 0 Å². The Hall–Kier alpha value is -2.64. The number of imidazole rings is 1. The lowest BCUT2D eigenvalue weighted by Gasteiger charge is -1.85. The molecule has 0 aliphatic carbocycles. The molecule has 3 heterocycles. The van der Waals surface area contributed by atoms with Gasteiger partial charge in [-0.25, -0.2) is 9.78 Å². The molecule has 8 nitrogen and oxygen atoms in total. The Morgan fingerprint density at radius 3 is 2.75 bits per heavy atom. The van der Waals surface area contributed by atoms with Gasteiger partial charge in [0, 0.05) is 6.20 Å². The fourth-order valence-corrected chi connectivity index (χ4v) is 1.45. The van der Waals surface area contributed by atoms with Crippen molar-refractivity contribution in [1.82, 2.24) is 30.1 Å². The van der Waals surface area contributed by atoms with Gasteiger partial charge in [-0.3, -0.25) is 19.9 Å². The van der Waals surface area contributed by atoms with Crippen molar-refractivity contribution in [2.24, 2.45) is 0 Å². The van der Waals surface area contributed by atoms with Crippen LogP contribution in [-0.2, 0) is 0 Å². The van der Waals surface area contributed by atoms with Crippen LogP contribution in [0.1, 0.15) is 0 Å². The summed E-state index contributed by atoms with van der Waals surface area (Å²) in [6, 6.07) is 1.70. The SMILES string of the molecule is O=c1[nH]c(=O)c2[nH]c(-c3ccn[nH]3)nc2[nH]1. The first kappa shape index (κ1) is 8.65. The van der Waals surface area contributed by atoms with Crippen molar-refractivity contribution >= 4 is 11.2 Å². The minimum absolute atomic E-state index is 0.221. The van der Waals surface area contributed by atoms with Crippen molar-refractivity contribution in [2.75, 3.05) is 0 Å². The molecule has 8 heteroatoms. The molecule has 0 spiro atoms. The summed E-state index contributed by atoms with van der Waals surface area (Å²) >= 11 is 0. The lowest BCUT2D eigenvalue weighted by Crippen LogP contribution is -2.21. The van der Waals surface area contributed by atoms with Crippen LogP contribution in [0.15, 0.2) is 21.9 Å². The molecule has 0 aliphatic heterocycles. The number of aromatic amines is 4. The summed E-state index contributed by atoms with van der Waals surface area (Å²) in [5, 5.41) is 6.47. The predicted molar refractivity (Wildman–Crippen MR) is 54.9 cm³/mol. The lowest BCUT2D eigenvalue weighted by molar-refractivity contribution is 1.07. The third-order valence-corrected chi connectivity index (χ3v) is 2.15. The van der Waals surface area contributed by atoms with Crippen molar-refractivity contribution in [3.63, 3.8) is 0 Å². The largest absolute Gasteiger partial charge is 0.331 e. The Labute approximate surface area is 86.8 Å².